The summed E-state index contributed by atoms with van der Waals surface area (Å²) in [5.74, 6) is 0. The van der Waals surface area contributed by atoms with Crippen LogP contribution in [-0.2, 0) is 13.1 Å². The van der Waals surface area contributed by atoms with Crippen LogP contribution in [0.4, 0.5) is 5.69 Å². The molecule has 0 aliphatic carbocycles. The normalized spacial score (nSPS) is 10.3. The largest absolute Gasteiger partial charge is 0.346 e. The number of nitrogens with zero attached hydrogens (tertiary/aromatic N) is 3. The van der Waals surface area contributed by atoms with E-state index in [4.69, 9.17) is 12.2 Å². The summed E-state index contributed by atoms with van der Waals surface area (Å²) in [5, 5.41) is 8.44. The van der Waals surface area contributed by atoms with Gasteiger partial charge in [-0.2, -0.15) is 5.10 Å². The van der Waals surface area contributed by atoms with E-state index in [0.29, 0.717) is 11.7 Å². The number of aryl methyl sites for hydroxylation is 2. The van der Waals surface area contributed by atoms with Crippen molar-refractivity contribution >= 4 is 23.0 Å². The molecule has 0 saturated carbocycles. The van der Waals surface area contributed by atoms with E-state index in [2.05, 4.69) is 30.3 Å². The van der Waals surface area contributed by atoms with Crippen LogP contribution >= 0.6 is 12.2 Å². The minimum atomic E-state index is 0.699. The highest BCUT2D eigenvalue weighted by Crippen LogP contribution is 2.14. The molecule has 5 heteroatoms. The second-order valence-electron chi connectivity index (χ2n) is 4.76. The average Bonchev–Trinajstić information content (AvgIpc) is 2.89. The van der Waals surface area contributed by atoms with Crippen molar-refractivity contribution in [2.24, 2.45) is 0 Å². The third-order valence-electron chi connectivity index (χ3n) is 3.15. The van der Waals surface area contributed by atoms with Crippen molar-refractivity contribution < 1.29 is 0 Å². The van der Waals surface area contributed by atoms with Crippen LogP contribution in [0.5, 0.6) is 0 Å². The SMILES string of the molecule is CCn1ccc(CN(C)C(=S)Nc2ccccc2C)n1. The molecule has 0 fully saturated rings. The lowest BCUT2D eigenvalue weighted by Gasteiger charge is -2.20. The second-order valence-corrected chi connectivity index (χ2v) is 5.15. The van der Waals surface area contributed by atoms with Gasteiger partial charge in [-0.3, -0.25) is 4.68 Å². The van der Waals surface area contributed by atoms with Crippen LogP contribution in [0.3, 0.4) is 0 Å². The molecule has 0 saturated heterocycles. The van der Waals surface area contributed by atoms with Crippen LogP contribution in [0, 0.1) is 6.92 Å². The van der Waals surface area contributed by atoms with Crippen molar-refractivity contribution in [3.05, 3.63) is 47.8 Å². The van der Waals surface area contributed by atoms with Crippen molar-refractivity contribution in [3.8, 4) is 0 Å². The first-order valence-electron chi connectivity index (χ1n) is 6.70. The van der Waals surface area contributed by atoms with E-state index in [-0.39, 0.29) is 0 Å². The Morgan fingerprint density at radius 2 is 2.10 bits per heavy atom. The topological polar surface area (TPSA) is 33.1 Å². The number of thiocarbonyl (C=S) groups is 1. The predicted octanol–water partition coefficient (Wildman–Crippen LogP) is 3.04. The third kappa shape index (κ3) is 3.57. The Bertz CT molecular complexity index is 591. The fraction of sp³-hybridized carbons (Fsp3) is 0.333. The summed E-state index contributed by atoms with van der Waals surface area (Å²) in [7, 11) is 1.97. The van der Waals surface area contributed by atoms with Crippen molar-refractivity contribution in [1.82, 2.24) is 14.7 Å². The minimum absolute atomic E-state index is 0.699. The predicted molar refractivity (Wildman–Crippen MR) is 86.8 cm³/mol. The molecule has 1 N–H and O–H groups in total. The van der Waals surface area contributed by atoms with Crippen LogP contribution in [0.1, 0.15) is 18.2 Å². The molecule has 1 aromatic heterocycles. The van der Waals surface area contributed by atoms with E-state index >= 15 is 0 Å². The minimum Gasteiger partial charge on any atom is -0.346 e. The Balaban J connectivity index is 1.97. The maximum absolute atomic E-state index is 5.43. The van der Waals surface area contributed by atoms with Gasteiger partial charge in [-0.15, -0.1) is 0 Å². The quantitative estimate of drug-likeness (QED) is 0.877. The summed E-state index contributed by atoms with van der Waals surface area (Å²) >= 11 is 5.43. The number of hydrogen-bond donors (Lipinski definition) is 1. The molecular formula is C15H20N4S. The zero-order valence-electron chi connectivity index (χ0n) is 12.1. The van der Waals surface area contributed by atoms with E-state index in [0.717, 1.165) is 17.9 Å². The molecule has 2 aromatic rings. The summed E-state index contributed by atoms with van der Waals surface area (Å²) in [5.41, 5.74) is 3.24. The number of hydrogen-bond acceptors (Lipinski definition) is 2. The first-order chi connectivity index (χ1) is 9.60. The van der Waals surface area contributed by atoms with Crippen LogP contribution in [-0.4, -0.2) is 26.8 Å². The monoisotopic (exact) mass is 288 g/mol. The van der Waals surface area contributed by atoms with E-state index in [9.17, 15) is 0 Å². The molecule has 2 rings (SSSR count). The Morgan fingerprint density at radius 1 is 1.35 bits per heavy atom. The Kier molecular flexibility index (Phi) is 4.74. The highest BCUT2D eigenvalue weighted by atomic mass is 32.1. The van der Waals surface area contributed by atoms with Crippen molar-refractivity contribution in [1.29, 1.82) is 0 Å². The molecule has 106 valence electrons. The average molecular weight is 288 g/mol. The van der Waals surface area contributed by atoms with Crippen LogP contribution < -0.4 is 5.32 Å². The molecule has 0 unspecified atom stereocenters. The van der Waals surface area contributed by atoms with Gasteiger partial charge in [0, 0.05) is 25.5 Å². The van der Waals surface area contributed by atoms with Gasteiger partial charge in [-0.25, -0.2) is 0 Å². The summed E-state index contributed by atoms with van der Waals surface area (Å²) in [6, 6.07) is 10.1. The standard InChI is InChI=1S/C15H20N4S/c1-4-19-10-9-13(17-19)11-18(3)15(20)16-14-8-6-5-7-12(14)2/h5-10H,4,11H2,1-3H3,(H,16,20). The van der Waals surface area contributed by atoms with Crippen LogP contribution in [0.2, 0.25) is 0 Å². The molecule has 1 heterocycles. The molecule has 1 aromatic carbocycles. The summed E-state index contributed by atoms with van der Waals surface area (Å²) in [4.78, 5) is 1.99. The Hall–Kier alpha value is -1.88. The van der Waals surface area contributed by atoms with Crippen LogP contribution in [0.15, 0.2) is 36.5 Å². The lowest BCUT2D eigenvalue weighted by molar-refractivity contribution is 0.492. The van der Waals surface area contributed by atoms with Gasteiger partial charge in [0.2, 0.25) is 0 Å². The van der Waals surface area contributed by atoms with Crippen molar-refractivity contribution in [3.63, 3.8) is 0 Å². The molecule has 0 amide bonds. The van der Waals surface area contributed by atoms with Gasteiger partial charge in [0.1, 0.15) is 0 Å². The summed E-state index contributed by atoms with van der Waals surface area (Å²) in [6.07, 6.45) is 1.99. The maximum atomic E-state index is 5.43. The lowest BCUT2D eigenvalue weighted by Crippen LogP contribution is -2.31. The maximum Gasteiger partial charge on any atom is 0.173 e. The molecule has 4 nitrogen and oxygen atoms in total. The van der Waals surface area contributed by atoms with Crippen molar-refractivity contribution in [2.45, 2.75) is 26.9 Å². The van der Waals surface area contributed by atoms with Gasteiger partial charge in [0.15, 0.2) is 5.11 Å². The van der Waals surface area contributed by atoms with Gasteiger partial charge in [0.05, 0.1) is 12.2 Å². The summed E-state index contributed by atoms with van der Waals surface area (Å²) in [6.45, 7) is 5.72. The summed E-state index contributed by atoms with van der Waals surface area (Å²) < 4.78 is 1.92. The first kappa shape index (κ1) is 14.5. The van der Waals surface area contributed by atoms with Gasteiger partial charge in [0.25, 0.3) is 0 Å². The molecule has 0 aliphatic rings. The van der Waals surface area contributed by atoms with Gasteiger partial charge < -0.3 is 10.2 Å². The zero-order chi connectivity index (χ0) is 14.5. The Labute approximate surface area is 125 Å². The zero-order valence-corrected chi connectivity index (χ0v) is 12.9. The van der Waals surface area contributed by atoms with Crippen molar-refractivity contribution in [2.75, 3.05) is 12.4 Å². The van der Waals surface area contributed by atoms with Gasteiger partial charge in [-0.1, -0.05) is 18.2 Å². The smallest absolute Gasteiger partial charge is 0.173 e. The molecule has 0 bridgehead atoms. The second kappa shape index (κ2) is 6.52. The van der Waals surface area contributed by atoms with E-state index in [1.807, 2.05) is 47.1 Å². The number of rotatable bonds is 4. The van der Waals surface area contributed by atoms with E-state index in [1.54, 1.807) is 0 Å². The lowest BCUT2D eigenvalue weighted by atomic mass is 10.2. The number of para-hydroxylation sites is 1. The van der Waals surface area contributed by atoms with E-state index in [1.165, 1.54) is 5.56 Å². The first-order valence-corrected chi connectivity index (χ1v) is 7.11. The fourth-order valence-corrected chi connectivity index (χ4v) is 2.08. The molecule has 0 radical (unpaired) electrons. The highest BCUT2D eigenvalue weighted by molar-refractivity contribution is 7.80. The Morgan fingerprint density at radius 3 is 2.75 bits per heavy atom. The van der Waals surface area contributed by atoms with Crippen LogP contribution in [0.25, 0.3) is 0 Å². The van der Waals surface area contributed by atoms with Gasteiger partial charge >= 0.3 is 0 Å². The number of aromatic nitrogens is 2. The van der Waals surface area contributed by atoms with E-state index < -0.39 is 0 Å². The molecule has 20 heavy (non-hydrogen) atoms. The fourth-order valence-electron chi connectivity index (χ4n) is 1.90. The molecule has 0 aliphatic heterocycles. The number of benzene rings is 1. The number of anilines is 1. The third-order valence-corrected chi connectivity index (χ3v) is 3.57. The number of nitrogens with one attached hydrogen (secondary N) is 1. The molecule has 0 atom stereocenters. The van der Waals surface area contributed by atoms with Gasteiger partial charge in [-0.05, 0) is 43.8 Å². The highest BCUT2D eigenvalue weighted by Gasteiger charge is 2.08. The molecular weight excluding hydrogens is 268 g/mol. The molecule has 0 spiro atoms.